The molecule has 0 spiro atoms. The zero-order valence-corrected chi connectivity index (χ0v) is 17.1. The van der Waals surface area contributed by atoms with Gasteiger partial charge in [-0.1, -0.05) is 24.3 Å². The van der Waals surface area contributed by atoms with Crippen LogP contribution in [-0.2, 0) is 22.4 Å². The number of aryl methyl sites for hydroxylation is 2. The van der Waals surface area contributed by atoms with Crippen LogP contribution >= 0.6 is 11.3 Å². The molecule has 1 aromatic carbocycles. The fourth-order valence-electron chi connectivity index (χ4n) is 4.06. The Morgan fingerprint density at radius 1 is 1.21 bits per heavy atom. The first kappa shape index (κ1) is 19.1. The van der Waals surface area contributed by atoms with E-state index in [2.05, 4.69) is 39.1 Å². The maximum absolute atomic E-state index is 13.0. The van der Waals surface area contributed by atoms with Crippen molar-refractivity contribution in [3.63, 3.8) is 0 Å². The van der Waals surface area contributed by atoms with Crippen LogP contribution in [0.3, 0.4) is 0 Å². The zero-order chi connectivity index (χ0) is 19.7. The molecule has 1 aromatic heterocycles. The van der Waals surface area contributed by atoms with Gasteiger partial charge in [0.25, 0.3) is 0 Å². The number of nitrogens with zero attached hydrogens (tertiary/aromatic N) is 1. The molecular formula is C21H26N4O2S. The summed E-state index contributed by atoms with van der Waals surface area (Å²) >= 11 is 1.48. The van der Waals surface area contributed by atoms with Crippen LogP contribution in [0, 0.1) is 0 Å². The summed E-state index contributed by atoms with van der Waals surface area (Å²) in [4.78, 5) is 30.8. The van der Waals surface area contributed by atoms with Crippen molar-refractivity contribution < 1.29 is 9.59 Å². The number of hydrogen-bond acceptors (Lipinski definition) is 5. The van der Waals surface area contributed by atoms with Gasteiger partial charge >= 0.3 is 0 Å². The monoisotopic (exact) mass is 398 g/mol. The Bertz CT molecular complexity index is 894. The first-order valence-corrected chi connectivity index (χ1v) is 10.7. The highest BCUT2D eigenvalue weighted by Gasteiger charge is 2.34. The number of aromatic nitrogens is 1. The number of anilines is 1. The minimum atomic E-state index is -0.288. The third kappa shape index (κ3) is 3.69. The maximum atomic E-state index is 13.0. The molecule has 0 bridgehead atoms. The molecule has 2 aliphatic rings. The molecule has 148 valence electrons. The SMILES string of the molecule is CN[C@@H](C)C(=O)Nc1nc2c(s1)CCC2C(=O)NC1CCCc2ccccc21. The fraction of sp³-hybridized carbons (Fsp3) is 0.476. The Balaban J connectivity index is 1.46. The van der Waals surface area contributed by atoms with E-state index in [9.17, 15) is 9.59 Å². The van der Waals surface area contributed by atoms with Crippen molar-refractivity contribution in [3.8, 4) is 0 Å². The van der Waals surface area contributed by atoms with Gasteiger partial charge in [-0.25, -0.2) is 4.98 Å². The Labute approximate surface area is 169 Å². The summed E-state index contributed by atoms with van der Waals surface area (Å²) < 4.78 is 0. The quantitative estimate of drug-likeness (QED) is 0.723. The molecule has 28 heavy (non-hydrogen) atoms. The molecule has 1 heterocycles. The van der Waals surface area contributed by atoms with Crippen LogP contribution in [-0.4, -0.2) is 29.9 Å². The first-order chi connectivity index (χ1) is 13.6. The molecule has 2 aliphatic carbocycles. The molecule has 2 unspecified atom stereocenters. The van der Waals surface area contributed by atoms with E-state index in [0.717, 1.165) is 42.7 Å². The lowest BCUT2D eigenvalue weighted by Crippen LogP contribution is -2.35. The highest BCUT2D eigenvalue weighted by Crippen LogP contribution is 2.39. The zero-order valence-electron chi connectivity index (χ0n) is 16.2. The number of rotatable bonds is 5. The van der Waals surface area contributed by atoms with Gasteiger partial charge in [0, 0.05) is 4.88 Å². The average molecular weight is 399 g/mol. The molecule has 3 atom stereocenters. The second-order valence-electron chi connectivity index (χ2n) is 7.57. The van der Waals surface area contributed by atoms with Crippen LogP contribution < -0.4 is 16.0 Å². The lowest BCUT2D eigenvalue weighted by molar-refractivity contribution is -0.123. The number of nitrogens with one attached hydrogen (secondary N) is 3. The number of likely N-dealkylation sites (N-methyl/N-ethyl adjacent to an activating group) is 1. The van der Waals surface area contributed by atoms with Gasteiger partial charge < -0.3 is 16.0 Å². The Kier molecular flexibility index (Phi) is 5.46. The molecule has 0 saturated heterocycles. The normalized spacial score (nSPS) is 21.5. The van der Waals surface area contributed by atoms with Crippen LogP contribution in [0.5, 0.6) is 0 Å². The van der Waals surface area contributed by atoms with Gasteiger partial charge in [-0.05, 0) is 57.2 Å². The summed E-state index contributed by atoms with van der Waals surface area (Å²) in [6.07, 6.45) is 4.77. The lowest BCUT2D eigenvalue weighted by Gasteiger charge is -2.27. The summed E-state index contributed by atoms with van der Waals surface area (Å²) in [6.45, 7) is 1.80. The fourth-order valence-corrected chi connectivity index (χ4v) is 5.10. The summed E-state index contributed by atoms with van der Waals surface area (Å²) in [7, 11) is 1.75. The highest BCUT2D eigenvalue weighted by molar-refractivity contribution is 7.16. The molecule has 2 aromatic rings. The van der Waals surface area contributed by atoms with E-state index in [1.165, 1.54) is 22.5 Å². The van der Waals surface area contributed by atoms with Gasteiger partial charge in [-0.3, -0.25) is 9.59 Å². The first-order valence-electron chi connectivity index (χ1n) is 9.92. The van der Waals surface area contributed by atoms with E-state index in [0.29, 0.717) is 5.13 Å². The Morgan fingerprint density at radius 3 is 2.86 bits per heavy atom. The summed E-state index contributed by atoms with van der Waals surface area (Å²) in [5.41, 5.74) is 3.41. The molecule has 0 fully saturated rings. The molecule has 3 N–H and O–H groups in total. The smallest absolute Gasteiger partial charge is 0.242 e. The van der Waals surface area contributed by atoms with Crippen LogP contribution in [0.1, 0.15) is 59.8 Å². The van der Waals surface area contributed by atoms with Gasteiger partial charge in [0.1, 0.15) is 0 Å². The van der Waals surface area contributed by atoms with Crippen LogP contribution in [0.15, 0.2) is 24.3 Å². The van der Waals surface area contributed by atoms with E-state index in [1.54, 1.807) is 14.0 Å². The van der Waals surface area contributed by atoms with Gasteiger partial charge in [0.15, 0.2) is 5.13 Å². The molecule has 6 nitrogen and oxygen atoms in total. The van der Waals surface area contributed by atoms with E-state index >= 15 is 0 Å². The summed E-state index contributed by atoms with van der Waals surface area (Å²) in [5, 5.41) is 9.61. The third-order valence-corrected chi connectivity index (χ3v) is 6.82. The summed E-state index contributed by atoms with van der Waals surface area (Å²) in [5.74, 6) is -0.297. The predicted molar refractivity (Wildman–Crippen MR) is 111 cm³/mol. The number of hydrogen-bond donors (Lipinski definition) is 3. The maximum Gasteiger partial charge on any atom is 0.242 e. The van der Waals surface area contributed by atoms with Gasteiger partial charge in [-0.15, -0.1) is 11.3 Å². The molecule has 0 radical (unpaired) electrons. The predicted octanol–water partition coefficient (Wildman–Crippen LogP) is 2.91. The van der Waals surface area contributed by atoms with E-state index in [1.807, 2.05) is 6.07 Å². The standard InChI is InChI=1S/C21H26N4O2S/c1-12(22-2)19(26)25-21-24-18-15(10-11-17(18)28-21)20(27)23-16-9-5-7-13-6-3-4-8-14(13)16/h3-4,6,8,12,15-16,22H,5,7,9-11H2,1-2H3,(H,23,27)(H,24,25,26)/t12-,15?,16?/m0/s1. The third-order valence-electron chi connectivity index (χ3n) is 5.78. The minimum Gasteiger partial charge on any atom is -0.349 e. The number of fused-ring (bicyclic) bond motifs is 2. The Hall–Kier alpha value is -2.25. The molecule has 7 heteroatoms. The van der Waals surface area contributed by atoms with Crippen LogP contribution in [0.25, 0.3) is 0 Å². The highest BCUT2D eigenvalue weighted by atomic mass is 32.1. The van der Waals surface area contributed by atoms with Crippen molar-refractivity contribution in [1.82, 2.24) is 15.6 Å². The van der Waals surface area contributed by atoms with Crippen molar-refractivity contribution in [2.24, 2.45) is 0 Å². The molecular weight excluding hydrogens is 372 g/mol. The van der Waals surface area contributed by atoms with Crippen molar-refractivity contribution in [2.45, 2.75) is 57.0 Å². The number of thiazole rings is 1. The lowest BCUT2D eigenvalue weighted by atomic mass is 9.87. The van der Waals surface area contributed by atoms with Crippen LogP contribution in [0.2, 0.25) is 0 Å². The van der Waals surface area contributed by atoms with Crippen molar-refractivity contribution in [3.05, 3.63) is 46.0 Å². The number of amides is 2. The van der Waals surface area contributed by atoms with E-state index in [4.69, 9.17) is 0 Å². The van der Waals surface area contributed by atoms with Crippen LogP contribution in [0.4, 0.5) is 5.13 Å². The van der Waals surface area contributed by atoms with E-state index < -0.39 is 0 Å². The van der Waals surface area contributed by atoms with Gasteiger partial charge in [-0.2, -0.15) is 0 Å². The minimum absolute atomic E-state index is 0.0484. The van der Waals surface area contributed by atoms with Gasteiger partial charge in [0.05, 0.1) is 23.7 Å². The molecule has 2 amide bonds. The van der Waals surface area contributed by atoms with Gasteiger partial charge in [0.2, 0.25) is 11.8 Å². The van der Waals surface area contributed by atoms with E-state index in [-0.39, 0.29) is 29.8 Å². The molecule has 0 aliphatic heterocycles. The van der Waals surface area contributed by atoms with Crippen molar-refractivity contribution in [1.29, 1.82) is 0 Å². The topological polar surface area (TPSA) is 83.1 Å². The van der Waals surface area contributed by atoms with Crippen molar-refractivity contribution in [2.75, 3.05) is 12.4 Å². The largest absolute Gasteiger partial charge is 0.349 e. The average Bonchev–Trinajstić information content (AvgIpc) is 3.27. The number of carbonyl (C=O) groups is 2. The second kappa shape index (κ2) is 8.01. The number of carbonyl (C=O) groups excluding carboxylic acids is 2. The van der Waals surface area contributed by atoms with Crippen molar-refractivity contribution >= 4 is 28.3 Å². The molecule has 4 rings (SSSR count). The Morgan fingerprint density at radius 2 is 2.04 bits per heavy atom. The number of benzene rings is 1. The molecule has 0 saturated carbocycles. The summed E-state index contributed by atoms with van der Waals surface area (Å²) in [6, 6.07) is 8.17. The second-order valence-corrected chi connectivity index (χ2v) is 8.65.